The molecule has 0 saturated heterocycles. The van der Waals surface area contributed by atoms with E-state index in [4.69, 9.17) is 5.26 Å². The molecule has 0 amide bonds. The lowest BCUT2D eigenvalue weighted by molar-refractivity contribution is 0.364. The molecule has 0 heterocycles. The topological polar surface area (TPSA) is 35.8 Å². The number of hydrogen-bond donors (Lipinski definition) is 1. The first-order valence-corrected chi connectivity index (χ1v) is 6.61. The summed E-state index contributed by atoms with van der Waals surface area (Å²) < 4.78 is 1.10. The third kappa shape index (κ3) is 4.79. The second kappa shape index (κ2) is 6.07. The summed E-state index contributed by atoms with van der Waals surface area (Å²) in [6, 6.07) is 8.43. The predicted molar refractivity (Wildman–Crippen MR) is 76.0 cm³/mol. The number of halogens is 1. The molecule has 1 aromatic carbocycles. The molecule has 1 aromatic rings. The quantitative estimate of drug-likeness (QED) is 0.868. The van der Waals surface area contributed by atoms with Crippen molar-refractivity contribution in [3.8, 4) is 6.07 Å². The van der Waals surface area contributed by atoms with Crippen molar-refractivity contribution in [2.75, 3.05) is 11.9 Å². The van der Waals surface area contributed by atoms with E-state index in [1.807, 2.05) is 6.07 Å². The summed E-state index contributed by atoms with van der Waals surface area (Å²) >= 11 is 3.46. The number of nitrogens with one attached hydrogen (secondary N) is 1. The highest BCUT2D eigenvalue weighted by atomic mass is 79.9. The predicted octanol–water partition coefficient (Wildman–Crippen LogP) is 4.50. The molecule has 1 rings (SSSR count). The van der Waals surface area contributed by atoms with Gasteiger partial charge in [0.1, 0.15) is 0 Å². The van der Waals surface area contributed by atoms with Gasteiger partial charge in [-0.1, -0.05) is 29.8 Å². The molecule has 0 fully saturated rings. The molecule has 92 valence electrons. The van der Waals surface area contributed by atoms with Crippen LogP contribution in [0.4, 0.5) is 5.69 Å². The van der Waals surface area contributed by atoms with Crippen molar-refractivity contribution in [2.45, 2.75) is 33.6 Å². The second-order valence-electron chi connectivity index (χ2n) is 5.14. The van der Waals surface area contributed by atoms with Crippen LogP contribution in [-0.2, 0) is 0 Å². The van der Waals surface area contributed by atoms with Crippen molar-refractivity contribution in [3.05, 3.63) is 28.2 Å². The zero-order valence-electron chi connectivity index (χ0n) is 10.7. The molecule has 0 aliphatic carbocycles. The Kier molecular flexibility index (Phi) is 5.02. The van der Waals surface area contributed by atoms with Gasteiger partial charge in [-0.05, 0) is 42.5 Å². The Labute approximate surface area is 112 Å². The number of rotatable bonds is 5. The van der Waals surface area contributed by atoms with Crippen LogP contribution in [-0.4, -0.2) is 6.54 Å². The molecule has 17 heavy (non-hydrogen) atoms. The number of benzene rings is 1. The molecule has 0 radical (unpaired) electrons. The van der Waals surface area contributed by atoms with Crippen LogP contribution in [0.3, 0.4) is 0 Å². The van der Waals surface area contributed by atoms with E-state index >= 15 is 0 Å². The Balaban J connectivity index is 2.58. The van der Waals surface area contributed by atoms with Crippen LogP contribution >= 0.6 is 15.9 Å². The minimum Gasteiger partial charge on any atom is -0.384 e. The fraction of sp³-hybridized carbons (Fsp3) is 0.500. The van der Waals surface area contributed by atoms with Gasteiger partial charge < -0.3 is 5.32 Å². The molecule has 0 bridgehead atoms. The fourth-order valence-electron chi connectivity index (χ4n) is 1.64. The van der Waals surface area contributed by atoms with E-state index < -0.39 is 0 Å². The highest BCUT2D eigenvalue weighted by Crippen LogP contribution is 2.25. The first-order valence-electron chi connectivity index (χ1n) is 5.81. The molecule has 1 N–H and O–H groups in total. The molecule has 2 nitrogen and oxygen atoms in total. The van der Waals surface area contributed by atoms with Gasteiger partial charge in [-0.2, -0.15) is 5.26 Å². The Bertz CT molecular complexity index is 419. The molecule has 0 aliphatic heterocycles. The van der Waals surface area contributed by atoms with E-state index in [0.717, 1.165) is 17.4 Å². The van der Waals surface area contributed by atoms with E-state index in [9.17, 15) is 0 Å². The van der Waals surface area contributed by atoms with Gasteiger partial charge in [0.15, 0.2) is 0 Å². The molecule has 0 aromatic heterocycles. The van der Waals surface area contributed by atoms with Gasteiger partial charge in [0.05, 0.1) is 6.07 Å². The lowest BCUT2D eigenvalue weighted by Crippen LogP contribution is -2.23. The number of nitrogens with zero attached hydrogens (tertiary/aromatic N) is 1. The van der Waals surface area contributed by atoms with E-state index in [0.29, 0.717) is 6.42 Å². The van der Waals surface area contributed by atoms with Crippen LogP contribution in [0, 0.1) is 23.7 Å². The lowest BCUT2D eigenvalue weighted by Gasteiger charge is -2.25. The minimum atomic E-state index is 0.148. The fourth-order valence-corrected chi connectivity index (χ4v) is 2.12. The van der Waals surface area contributed by atoms with E-state index in [2.05, 4.69) is 60.2 Å². The zero-order chi connectivity index (χ0) is 12.9. The van der Waals surface area contributed by atoms with Crippen LogP contribution in [0.5, 0.6) is 0 Å². The average Bonchev–Trinajstić information content (AvgIpc) is 2.25. The summed E-state index contributed by atoms with van der Waals surface area (Å²) in [5, 5.41) is 12.1. The first-order chi connectivity index (χ1) is 7.94. The normalized spacial score (nSPS) is 11.0. The second-order valence-corrected chi connectivity index (χ2v) is 6.05. The Morgan fingerprint density at radius 1 is 1.41 bits per heavy atom. The molecule has 0 unspecified atom stereocenters. The molecule has 0 atom stereocenters. The number of hydrogen-bond acceptors (Lipinski definition) is 2. The van der Waals surface area contributed by atoms with Gasteiger partial charge in [-0.25, -0.2) is 0 Å². The van der Waals surface area contributed by atoms with Crippen LogP contribution in [0.25, 0.3) is 0 Å². The SMILES string of the molecule is Cc1cc(Br)ccc1NCC(C)(C)CCC#N. The molecule has 0 saturated carbocycles. The molecule has 0 spiro atoms. The largest absolute Gasteiger partial charge is 0.384 e. The van der Waals surface area contributed by atoms with Gasteiger partial charge in [-0.15, -0.1) is 0 Å². The van der Waals surface area contributed by atoms with E-state index in [-0.39, 0.29) is 5.41 Å². The summed E-state index contributed by atoms with van der Waals surface area (Å²) in [6.45, 7) is 7.35. The maximum Gasteiger partial charge on any atom is 0.0621 e. The van der Waals surface area contributed by atoms with E-state index in [1.54, 1.807) is 0 Å². The van der Waals surface area contributed by atoms with Crippen molar-refractivity contribution in [1.82, 2.24) is 0 Å². The summed E-state index contributed by atoms with van der Waals surface area (Å²) in [4.78, 5) is 0. The minimum absolute atomic E-state index is 0.148. The highest BCUT2D eigenvalue weighted by molar-refractivity contribution is 9.10. The van der Waals surface area contributed by atoms with Gasteiger partial charge >= 0.3 is 0 Å². The molecular weight excluding hydrogens is 276 g/mol. The molecular formula is C14H19BrN2. The maximum atomic E-state index is 8.61. The summed E-state index contributed by atoms with van der Waals surface area (Å²) in [5.41, 5.74) is 2.54. The van der Waals surface area contributed by atoms with Gasteiger partial charge in [-0.3, -0.25) is 0 Å². The summed E-state index contributed by atoms with van der Waals surface area (Å²) in [7, 11) is 0. The average molecular weight is 295 g/mol. The highest BCUT2D eigenvalue weighted by Gasteiger charge is 2.17. The molecule has 3 heteroatoms. The number of nitriles is 1. The van der Waals surface area contributed by atoms with Crippen LogP contribution in [0.1, 0.15) is 32.3 Å². The van der Waals surface area contributed by atoms with Crippen LogP contribution < -0.4 is 5.32 Å². The number of aryl methyl sites for hydroxylation is 1. The number of anilines is 1. The Morgan fingerprint density at radius 3 is 2.71 bits per heavy atom. The monoisotopic (exact) mass is 294 g/mol. The van der Waals surface area contributed by atoms with E-state index in [1.165, 1.54) is 11.3 Å². The van der Waals surface area contributed by atoms with Crippen molar-refractivity contribution >= 4 is 21.6 Å². The van der Waals surface area contributed by atoms with Crippen molar-refractivity contribution in [1.29, 1.82) is 5.26 Å². The van der Waals surface area contributed by atoms with Crippen molar-refractivity contribution in [2.24, 2.45) is 5.41 Å². The zero-order valence-corrected chi connectivity index (χ0v) is 12.3. The van der Waals surface area contributed by atoms with Gasteiger partial charge in [0.2, 0.25) is 0 Å². The Morgan fingerprint density at radius 2 is 2.12 bits per heavy atom. The Hall–Kier alpha value is -1.01. The lowest BCUT2D eigenvalue weighted by atomic mass is 9.88. The van der Waals surface area contributed by atoms with Crippen LogP contribution in [0.2, 0.25) is 0 Å². The van der Waals surface area contributed by atoms with Crippen molar-refractivity contribution in [3.63, 3.8) is 0 Å². The van der Waals surface area contributed by atoms with Crippen molar-refractivity contribution < 1.29 is 0 Å². The maximum absolute atomic E-state index is 8.61. The molecule has 0 aliphatic rings. The van der Waals surface area contributed by atoms with Gasteiger partial charge in [0.25, 0.3) is 0 Å². The summed E-state index contributed by atoms with van der Waals surface area (Å²) in [6.07, 6.45) is 1.54. The third-order valence-corrected chi connectivity index (χ3v) is 3.35. The summed E-state index contributed by atoms with van der Waals surface area (Å²) in [5.74, 6) is 0. The standard InChI is InChI=1S/C14H19BrN2/c1-11-9-12(15)5-6-13(11)17-10-14(2,3)7-4-8-16/h5-6,9,17H,4,7,10H2,1-3H3. The first kappa shape index (κ1) is 14.1. The van der Waals surface area contributed by atoms with Crippen LogP contribution in [0.15, 0.2) is 22.7 Å². The third-order valence-electron chi connectivity index (χ3n) is 2.86. The van der Waals surface area contributed by atoms with Gasteiger partial charge in [0, 0.05) is 23.1 Å². The smallest absolute Gasteiger partial charge is 0.0621 e.